The zero-order valence-electron chi connectivity index (χ0n) is 16.0. The molecule has 140 valence electrons. The van der Waals surface area contributed by atoms with Crippen LogP contribution in [0.3, 0.4) is 0 Å². The summed E-state index contributed by atoms with van der Waals surface area (Å²) in [4.78, 5) is 12.9. The molecule has 0 N–H and O–H groups in total. The van der Waals surface area contributed by atoms with Crippen molar-refractivity contribution in [1.29, 1.82) is 0 Å². The predicted octanol–water partition coefficient (Wildman–Crippen LogP) is 5.49. The van der Waals surface area contributed by atoms with Gasteiger partial charge in [-0.05, 0) is 30.7 Å². The minimum Gasteiger partial charge on any atom is -0.267 e. The number of rotatable bonds is 5. The van der Waals surface area contributed by atoms with E-state index in [1.165, 1.54) is 64.2 Å². The number of fused-ring (bicyclic) bond motifs is 1. The highest BCUT2D eigenvalue weighted by Gasteiger charge is 2.19. The van der Waals surface area contributed by atoms with E-state index < -0.39 is 0 Å². The molecule has 0 atom stereocenters. The van der Waals surface area contributed by atoms with Crippen LogP contribution >= 0.6 is 0 Å². The average Bonchev–Trinajstić information content (AvgIpc) is 2.71. The molecule has 2 saturated carbocycles. The number of hydrogen-bond acceptors (Lipinski definition) is 2. The minimum absolute atomic E-state index is 0.101. The Hall–Kier alpha value is -1.64. The number of hydrogen-bond donors (Lipinski definition) is 0. The molecule has 3 heteroatoms. The van der Waals surface area contributed by atoms with Crippen molar-refractivity contribution < 1.29 is 0 Å². The summed E-state index contributed by atoms with van der Waals surface area (Å²) >= 11 is 0. The van der Waals surface area contributed by atoms with E-state index in [0.717, 1.165) is 47.7 Å². The van der Waals surface area contributed by atoms with E-state index in [0.29, 0.717) is 0 Å². The quantitative estimate of drug-likeness (QED) is 0.713. The summed E-state index contributed by atoms with van der Waals surface area (Å²) in [5.41, 5.74) is 1.25. The second kappa shape index (κ2) is 8.37. The van der Waals surface area contributed by atoms with Crippen molar-refractivity contribution in [2.24, 2.45) is 11.8 Å². The molecule has 2 aliphatic carbocycles. The molecule has 0 saturated heterocycles. The smallest absolute Gasteiger partial charge is 0.267 e. The van der Waals surface area contributed by atoms with Crippen LogP contribution in [0.5, 0.6) is 0 Å². The predicted molar refractivity (Wildman–Crippen MR) is 107 cm³/mol. The number of aromatic nitrogens is 2. The molecule has 1 aromatic heterocycles. The minimum atomic E-state index is 0.101. The summed E-state index contributed by atoms with van der Waals surface area (Å²) in [6.07, 6.45) is 15.6. The maximum absolute atomic E-state index is 12.9. The Bertz CT molecular complexity index is 782. The average molecular weight is 353 g/mol. The van der Waals surface area contributed by atoms with Gasteiger partial charge in [0.15, 0.2) is 0 Å². The Morgan fingerprint density at radius 2 is 1.46 bits per heavy atom. The Morgan fingerprint density at radius 1 is 0.846 bits per heavy atom. The molecule has 3 nitrogen and oxygen atoms in total. The highest BCUT2D eigenvalue weighted by atomic mass is 16.1. The van der Waals surface area contributed by atoms with Crippen molar-refractivity contribution in [3.05, 3.63) is 40.3 Å². The first kappa shape index (κ1) is 17.8. The Balaban J connectivity index is 1.59. The van der Waals surface area contributed by atoms with E-state index >= 15 is 0 Å². The van der Waals surface area contributed by atoms with Gasteiger partial charge < -0.3 is 0 Å². The van der Waals surface area contributed by atoms with Crippen LogP contribution in [0.4, 0.5) is 0 Å². The van der Waals surface area contributed by atoms with Gasteiger partial charge in [0.1, 0.15) is 0 Å². The maximum atomic E-state index is 12.9. The van der Waals surface area contributed by atoms with E-state index in [1.54, 1.807) is 4.68 Å². The van der Waals surface area contributed by atoms with Crippen molar-refractivity contribution in [2.75, 3.05) is 0 Å². The Labute approximate surface area is 156 Å². The monoisotopic (exact) mass is 352 g/mol. The lowest BCUT2D eigenvalue weighted by atomic mass is 9.85. The molecule has 1 heterocycles. The molecule has 0 spiro atoms. The molecule has 0 unspecified atom stereocenters. The zero-order valence-corrected chi connectivity index (χ0v) is 16.0. The first-order valence-corrected chi connectivity index (χ1v) is 10.8. The van der Waals surface area contributed by atoms with E-state index in [4.69, 9.17) is 5.10 Å². The maximum Gasteiger partial charge on any atom is 0.274 e. The molecule has 1 aromatic carbocycles. The lowest BCUT2D eigenvalue weighted by Gasteiger charge is -2.23. The van der Waals surface area contributed by atoms with Crippen LogP contribution in [0.2, 0.25) is 0 Å². The third kappa shape index (κ3) is 4.02. The third-order valence-corrected chi connectivity index (χ3v) is 6.62. The fraction of sp³-hybridized carbons (Fsp3) is 0.652. The van der Waals surface area contributed by atoms with Crippen molar-refractivity contribution in [3.8, 4) is 0 Å². The topological polar surface area (TPSA) is 34.9 Å². The van der Waals surface area contributed by atoms with E-state index in [2.05, 4.69) is 6.07 Å². The molecule has 2 fully saturated rings. The van der Waals surface area contributed by atoms with Gasteiger partial charge in [-0.25, -0.2) is 4.68 Å². The molecular weight excluding hydrogens is 320 g/mol. The molecule has 4 rings (SSSR count). The van der Waals surface area contributed by atoms with Gasteiger partial charge >= 0.3 is 0 Å². The second-order valence-electron chi connectivity index (χ2n) is 8.52. The lowest BCUT2D eigenvalue weighted by Crippen LogP contribution is -2.27. The standard InChI is InChI=1S/C23H32N2O/c26-23-21-14-8-7-13-20(21)22(17-19-11-5-2-6-12-19)24-25(23)16-15-18-9-3-1-4-10-18/h7-8,13-14,18-19H,1-6,9-12,15-17H2. The van der Waals surface area contributed by atoms with E-state index in [1.807, 2.05) is 18.2 Å². The Kier molecular flexibility index (Phi) is 5.72. The second-order valence-corrected chi connectivity index (χ2v) is 8.52. The highest BCUT2D eigenvalue weighted by Crippen LogP contribution is 2.29. The van der Waals surface area contributed by atoms with Crippen LogP contribution in [-0.4, -0.2) is 9.78 Å². The number of aryl methyl sites for hydroxylation is 1. The first-order chi connectivity index (χ1) is 12.8. The van der Waals surface area contributed by atoms with Crippen molar-refractivity contribution in [3.63, 3.8) is 0 Å². The van der Waals surface area contributed by atoms with Crippen LogP contribution in [-0.2, 0) is 13.0 Å². The number of nitrogens with zero attached hydrogens (tertiary/aromatic N) is 2. The molecule has 0 radical (unpaired) electrons. The van der Waals surface area contributed by atoms with Gasteiger partial charge in [0.2, 0.25) is 0 Å². The van der Waals surface area contributed by atoms with Gasteiger partial charge in [0.25, 0.3) is 5.56 Å². The van der Waals surface area contributed by atoms with Crippen LogP contribution in [0.15, 0.2) is 29.1 Å². The number of benzene rings is 1. The summed E-state index contributed by atoms with van der Waals surface area (Å²) in [6, 6.07) is 8.11. The van der Waals surface area contributed by atoms with Gasteiger partial charge in [-0.15, -0.1) is 0 Å². The van der Waals surface area contributed by atoms with Crippen LogP contribution < -0.4 is 5.56 Å². The fourth-order valence-corrected chi connectivity index (χ4v) is 5.05. The van der Waals surface area contributed by atoms with Gasteiger partial charge in [0, 0.05) is 11.9 Å². The molecule has 2 aliphatic rings. The van der Waals surface area contributed by atoms with Gasteiger partial charge in [-0.1, -0.05) is 82.4 Å². The van der Waals surface area contributed by atoms with Crippen molar-refractivity contribution in [2.45, 2.75) is 83.6 Å². The van der Waals surface area contributed by atoms with E-state index in [-0.39, 0.29) is 5.56 Å². The Morgan fingerprint density at radius 3 is 2.15 bits per heavy atom. The summed E-state index contributed by atoms with van der Waals surface area (Å²) in [5, 5.41) is 6.82. The SMILES string of the molecule is O=c1c2ccccc2c(CC2CCCCC2)nn1CCC1CCCCC1. The van der Waals surface area contributed by atoms with Crippen molar-refractivity contribution >= 4 is 10.8 Å². The summed E-state index contributed by atoms with van der Waals surface area (Å²) in [6.45, 7) is 0.784. The molecular formula is C23H32N2O. The molecule has 2 aromatic rings. The third-order valence-electron chi connectivity index (χ3n) is 6.62. The molecule has 0 amide bonds. The van der Waals surface area contributed by atoms with Crippen molar-refractivity contribution in [1.82, 2.24) is 9.78 Å². The summed E-state index contributed by atoms with van der Waals surface area (Å²) in [5.74, 6) is 1.52. The normalized spacial score (nSPS) is 19.8. The fourth-order valence-electron chi connectivity index (χ4n) is 5.05. The van der Waals surface area contributed by atoms with Gasteiger partial charge in [-0.2, -0.15) is 5.10 Å². The summed E-state index contributed by atoms with van der Waals surface area (Å²) in [7, 11) is 0. The van der Waals surface area contributed by atoms with Gasteiger partial charge in [-0.3, -0.25) is 4.79 Å². The highest BCUT2D eigenvalue weighted by molar-refractivity contribution is 5.83. The summed E-state index contributed by atoms with van der Waals surface area (Å²) < 4.78 is 1.79. The molecule has 0 aliphatic heterocycles. The van der Waals surface area contributed by atoms with E-state index in [9.17, 15) is 4.79 Å². The largest absolute Gasteiger partial charge is 0.274 e. The van der Waals surface area contributed by atoms with Crippen LogP contribution in [0.1, 0.15) is 76.3 Å². The molecule has 26 heavy (non-hydrogen) atoms. The molecule has 0 bridgehead atoms. The van der Waals surface area contributed by atoms with Crippen LogP contribution in [0, 0.1) is 11.8 Å². The zero-order chi connectivity index (χ0) is 17.8. The van der Waals surface area contributed by atoms with Gasteiger partial charge in [0.05, 0.1) is 11.1 Å². The van der Waals surface area contributed by atoms with Crippen LogP contribution in [0.25, 0.3) is 10.8 Å². The first-order valence-electron chi connectivity index (χ1n) is 10.8. The lowest BCUT2D eigenvalue weighted by molar-refractivity contribution is 0.314.